The first kappa shape index (κ1) is 16.1. The summed E-state index contributed by atoms with van der Waals surface area (Å²) in [4.78, 5) is 24.0. The van der Waals surface area contributed by atoms with Crippen LogP contribution in [0.4, 0.5) is 18.0 Å². The Morgan fingerprint density at radius 2 is 2.05 bits per heavy atom. The first-order chi connectivity index (χ1) is 9.33. The highest BCUT2D eigenvalue weighted by Gasteiger charge is 2.32. The zero-order valence-corrected chi connectivity index (χ0v) is 10.6. The van der Waals surface area contributed by atoms with E-state index in [0.717, 1.165) is 12.8 Å². The Balaban J connectivity index is 2.21. The van der Waals surface area contributed by atoms with Crippen LogP contribution in [0.5, 0.6) is 0 Å². The quantitative estimate of drug-likeness (QED) is 0.745. The Kier molecular flexibility index (Phi) is 5.61. The van der Waals surface area contributed by atoms with Gasteiger partial charge in [0.15, 0.2) is 6.61 Å². The van der Waals surface area contributed by atoms with E-state index < -0.39 is 18.9 Å². The normalized spacial score (nSPS) is 14.3. The largest absolute Gasteiger partial charge is 0.440 e. The third-order valence-electron chi connectivity index (χ3n) is 2.52. The minimum absolute atomic E-state index is 0.0258. The van der Waals surface area contributed by atoms with E-state index in [1.165, 1.54) is 4.90 Å². The number of rotatable bonds is 6. The van der Waals surface area contributed by atoms with Crippen molar-refractivity contribution < 1.29 is 27.5 Å². The highest BCUT2D eigenvalue weighted by Crippen LogP contribution is 2.26. The van der Waals surface area contributed by atoms with Crippen LogP contribution >= 0.6 is 0 Å². The molecule has 0 aromatic heterocycles. The van der Waals surface area contributed by atoms with Crippen molar-refractivity contribution in [2.24, 2.45) is 0 Å². The first-order valence-corrected chi connectivity index (χ1v) is 5.97. The van der Waals surface area contributed by atoms with Crippen LogP contribution in [0.2, 0.25) is 0 Å². The van der Waals surface area contributed by atoms with Crippen molar-refractivity contribution >= 4 is 12.0 Å². The second kappa shape index (κ2) is 6.98. The predicted octanol–water partition coefficient (Wildman–Crippen LogP) is 1.18. The van der Waals surface area contributed by atoms with Crippen LogP contribution in [0.25, 0.3) is 0 Å². The molecule has 0 spiro atoms. The number of alkyl halides is 3. The van der Waals surface area contributed by atoms with Gasteiger partial charge in [0, 0.05) is 19.0 Å². The summed E-state index contributed by atoms with van der Waals surface area (Å²) >= 11 is 0. The summed E-state index contributed by atoms with van der Waals surface area (Å²) in [7, 11) is 0. The molecule has 6 nitrogen and oxygen atoms in total. The molecule has 1 fully saturated rings. The molecule has 0 aromatic carbocycles. The van der Waals surface area contributed by atoms with Gasteiger partial charge < -0.3 is 15.0 Å². The van der Waals surface area contributed by atoms with Crippen molar-refractivity contribution in [1.82, 2.24) is 10.2 Å². The van der Waals surface area contributed by atoms with Gasteiger partial charge in [-0.05, 0) is 12.8 Å². The second-order valence-corrected chi connectivity index (χ2v) is 4.28. The number of nitrogens with one attached hydrogen (secondary N) is 1. The van der Waals surface area contributed by atoms with E-state index in [1.54, 1.807) is 0 Å². The third-order valence-corrected chi connectivity index (χ3v) is 2.52. The van der Waals surface area contributed by atoms with Crippen molar-refractivity contribution in [2.75, 3.05) is 19.7 Å². The molecule has 1 aliphatic rings. The molecule has 0 bridgehead atoms. The molecule has 1 saturated carbocycles. The maximum absolute atomic E-state index is 11.8. The minimum atomic E-state index is -4.58. The van der Waals surface area contributed by atoms with Gasteiger partial charge >= 0.3 is 12.3 Å². The van der Waals surface area contributed by atoms with Crippen LogP contribution in [0.3, 0.4) is 0 Å². The van der Waals surface area contributed by atoms with Crippen molar-refractivity contribution in [3.05, 3.63) is 0 Å². The summed E-state index contributed by atoms with van der Waals surface area (Å²) in [5, 5.41) is 10.6. The molecule has 9 heteroatoms. The molecule has 1 rings (SSSR count). The maximum atomic E-state index is 11.8. The molecule has 2 amide bonds. The van der Waals surface area contributed by atoms with Gasteiger partial charge in [-0.1, -0.05) is 0 Å². The molecule has 0 heterocycles. The SMILES string of the molecule is N#CCN(C(=O)CCNC(=O)OCC(F)(F)F)C1CC1. The molecule has 1 N–H and O–H groups in total. The Hall–Kier alpha value is -1.98. The zero-order valence-electron chi connectivity index (χ0n) is 10.6. The maximum Gasteiger partial charge on any atom is 0.422 e. The number of halogens is 3. The monoisotopic (exact) mass is 293 g/mol. The summed E-state index contributed by atoms with van der Waals surface area (Å²) in [6.07, 6.45) is -4.21. The van der Waals surface area contributed by atoms with Gasteiger partial charge in [-0.15, -0.1) is 0 Å². The molecule has 0 aromatic rings. The van der Waals surface area contributed by atoms with Gasteiger partial charge in [0.05, 0.1) is 6.07 Å². The fraction of sp³-hybridized carbons (Fsp3) is 0.727. The van der Waals surface area contributed by atoms with Crippen LogP contribution in [0.1, 0.15) is 19.3 Å². The van der Waals surface area contributed by atoms with E-state index in [1.807, 2.05) is 6.07 Å². The summed E-state index contributed by atoms with van der Waals surface area (Å²) in [6, 6.07) is 1.94. The van der Waals surface area contributed by atoms with Crippen molar-refractivity contribution in [3.63, 3.8) is 0 Å². The molecule has 0 saturated heterocycles. The topological polar surface area (TPSA) is 82.4 Å². The molecule has 20 heavy (non-hydrogen) atoms. The second-order valence-electron chi connectivity index (χ2n) is 4.28. The van der Waals surface area contributed by atoms with Gasteiger partial charge in [-0.3, -0.25) is 4.79 Å². The molecule has 1 aliphatic carbocycles. The van der Waals surface area contributed by atoms with E-state index in [4.69, 9.17) is 5.26 Å². The lowest BCUT2D eigenvalue weighted by Crippen LogP contribution is -2.37. The number of amides is 2. The summed E-state index contributed by atoms with van der Waals surface area (Å²) in [5.41, 5.74) is 0. The number of hydrogen-bond acceptors (Lipinski definition) is 4. The minimum Gasteiger partial charge on any atom is -0.440 e. The fourth-order valence-corrected chi connectivity index (χ4v) is 1.50. The molecular formula is C11H14F3N3O3. The smallest absolute Gasteiger partial charge is 0.422 e. The number of hydrogen-bond donors (Lipinski definition) is 1. The average molecular weight is 293 g/mol. The van der Waals surface area contributed by atoms with Crippen LogP contribution in [0.15, 0.2) is 0 Å². The standard InChI is InChI=1S/C11H14F3N3O3/c12-11(13,14)7-20-10(19)16-5-3-9(18)17(6-4-15)8-1-2-8/h8H,1-3,5-7H2,(H,16,19). The molecule has 0 unspecified atom stereocenters. The van der Waals surface area contributed by atoms with E-state index in [9.17, 15) is 22.8 Å². The van der Waals surface area contributed by atoms with Crippen LogP contribution in [-0.2, 0) is 9.53 Å². The highest BCUT2D eigenvalue weighted by atomic mass is 19.4. The van der Waals surface area contributed by atoms with Gasteiger partial charge in [0.2, 0.25) is 5.91 Å². The zero-order chi connectivity index (χ0) is 15.2. The van der Waals surface area contributed by atoms with Crippen LogP contribution in [0, 0.1) is 11.3 Å². The molecular weight excluding hydrogens is 279 g/mol. The Labute approximate surface area is 113 Å². The van der Waals surface area contributed by atoms with Crippen LogP contribution in [-0.4, -0.2) is 48.8 Å². The summed E-state index contributed by atoms with van der Waals surface area (Å²) < 4.78 is 39.2. The Morgan fingerprint density at radius 1 is 1.40 bits per heavy atom. The number of carbonyl (C=O) groups excluding carboxylic acids is 2. The van der Waals surface area contributed by atoms with Gasteiger partial charge in [-0.25, -0.2) is 4.79 Å². The summed E-state index contributed by atoms with van der Waals surface area (Å²) in [6.45, 7) is -1.83. The third kappa shape index (κ3) is 6.26. The number of nitrogens with zero attached hydrogens (tertiary/aromatic N) is 2. The van der Waals surface area contributed by atoms with Crippen molar-refractivity contribution in [2.45, 2.75) is 31.5 Å². The van der Waals surface area contributed by atoms with Crippen molar-refractivity contribution in [1.29, 1.82) is 5.26 Å². The van der Waals surface area contributed by atoms with E-state index in [2.05, 4.69) is 10.1 Å². The van der Waals surface area contributed by atoms with E-state index >= 15 is 0 Å². The molecule has 112 valence electrons. The lowest BCUT2D eigenvalue weighted by molar-refractivity contribution is -0.160. The van der Waals surface area contributed by atoms with E-state index in [-0.39, 0.29) is 31.5 Å². The fourth-order valence-electron chi connectivity index (χ4n) is 1.50. The number of alkyl carbamates (subject to hydrolysis) is 1. The molecule has 0 radical (unpaired) electrons. The number of ether oxygens (including phenoxy) is 1. The molecule has 0 atom stereocenters. The highest BCUT2D eigenvalue weighted by molar-refractivity contribution is 5.78. The number of nitriles is 1. The van der Waals surface area contributed by atoms with E-state index in [0.29, 0.717) is 0 Å². The van der Waals surface area contributed by atoms with Crippen molar-refractivity contribution in [3.8, 4) is 6.07 Å². The van der Waals surface area contributed by atoms with Crippen LogP contribution < -0.4 is 5.32 Å². The summed E-state index contributed by atoms with van der Waals surface area (Å²) in [5.74, 6) is -0.315. The van der Waals surface area contributed by atoms with Gasteiger partial charge in [-0.2, -0.15) is 18.4 Å². The molecule has 0 aliphatic heterocycles. The lowest BCUT2D eigenvalue weighted by atomic mass is 10.3. The lowest BCUT2D eigenvalue weighted by Gasteiger charge is -2.18. The predicted molar refractivity (Wildman–Crippen MR) is 60.4 cm³/mol. The Bertz CT molecular complexity index is 402. The first-order valence-electron chi connectivity index (χ1n) is 5.97. The van der Waals surface area contributed by atoms with Gasteiger partial charge in [0.25, 0.3) is 0 Å². The number of carbonyl (C=O) groups is 2. The average Bonchev–Trinajstić information content (AvgIpc) is 3.16. The van der Waals surface area contributed by atoms with Gasteiger partial charge in [0.1, 0.15) is 6.54 Å². The Morgan fingerprint density at radius 3 is 2.55 bits per heavy atom.